The van der Waals surface area contributed by atoms with Gasteiger partial charge in [0.25, 0.3) is 6.71 Å². The first kappa shape index (κ1) is 37.2. The van der Waals surface area contributed by atoms with Gasteiger partial charge in [0.1, 0.15) is 17.5 Å². The van der Waals surface area contributed by atoms with Crippen LogP contribution in [0.1, 0.15) is 130 Å². The Kier molecular flexibility index (Phi) is 7.85. The molecule has 2 aromatic heterocycles. The highest BCUT2D eigenvalue weighted by Crippen LogP contribution is 2.53. The van der Waals surface area contributed by atoms with Crippen LogP contribution >= 0.6 is 11.3 Å². The summed E-state index contributed by atoms with van der Waals surface area (Å²) in [6.07, 6.45) is 1.13. The van der Waals surface area contributed by atoms with Crippen LogP contribution in [0.3, 0.4) is 0 Å². The van der Waals surface area contributed by atoms with Crippen LogP contribution in [-0.4, -0.2) is 16.7 Å². The second kappa shape index (κ2) is 11.8. The lowest BCUT2D eigenvalue weighted by molar-refractivity contribution is 0.403. The van der Waals surface area contributed by atoms with Crippen LogP contribution in [-0.2, 0) is 27.1 Å². The number of thiophene rings is 1. The molecule has 0 saturated heterocycles. The molecule has 0 fully saturated rings. The van der Waals surface area contributed by atoms with Crippen molar-refractivity contribution in [2.45, 2.75) is 130 Å². The van der Waals surface area contributed by atoms with E-state index in [1.165, 1.54) is 70.7 Å². The number of nitrogens with zero attached hydrogens (tertiary/aromatic N) is 4. The first-order valence-corrected chi connectivity index (χ1v) is 21.3. The van der Waals surface area contributed by atoms with E-state index in [1.807, 2.05) is 11.3 Å². The van der Waals surface area contributed by atoms with E-state index in [2.05, 4.69) is 186 Å². The van der Waals surface area contributed by atoms with Gasteiger partial charge in [-0.25, -0.2) is 9.97 Å². The highest BCUT2D eigenvalue weighted by atomic mass is 32.1. The van der Waals surface area contributed by atoms with Crippen LogP contribution in [0.5, 0.6) is 0 Å². The maximum absolute atomic E-state index is 5.49. The second-order valence-corrected chi connectivity index (χ2v) is 22.3. The molecule has 0 N–H and O–H groups in total. The van der Waals surface area contributed by atoms with Gasteiger partial charge in [-0.1, -0.05) is 126 Å². The molecule has 6 heteroatoms. The van der Waals surface area contributed by atoms with Gasteiger partial charge in [-0.05, 0) is 116 Å². The first-order valence-electron chi connectivity index (χ1n) is 20.5. The van der Waals surface area contributed by atoms with E-state index < -0.39 is 0 Å². The maximum atomic E-state index is 5.49. The van der Waals surface area contributed by atoms with Crippen LogP contribution in [0.2, 0.25) is 0 Å². The van der Waals surface area contributed by atoms with Gasteiger partial charge in [-0.15, -0.1) is 11.3 Å². The third kappa shape index (κ3) is 5.60. The minimum absolute atomic E-state index is 0.00394. The van der Waals surface area contributed by atoms with E-state index in [0.29, 0.717) is 0 Å². The van der Waals surface area contributed by atoms with Crippen molar-refractivity contribution in [3.8, 4) is 0 Å². The van der Waals surface area contributed by atoms with E-state index in [1.54, 1.807) is 0 Å². The van der Waals surface area contributed by atoms with E-state index >= 15 is 0 Å². The quantitative estimate of drug-likeness (QED) is 0.164. The summed E-state index contributed by atoms with van der Waals surface area (Å²) in [6, 6.07) is 30.8. The average molecular weight is 757 g/mol. The highest BCUT2D eigenvalue weighted by Gasteiger charge is 2.48. The minimum Gasteiger partial charge on any atom is -0.296 e. The summed E-state index contributed by atoms with van der Waals surface area (Å²) in [7, 11) is 0. The van der Waals surface area contributed by atoms with Crippen LogP contribution < -0.4 is 25.5 Å². The second-order valence-electron chi connectivity index (χ2n) is 21.2. The summed E-state index contributed by atoms with van der Waals surface area (Å²) in [4.78, 5) is 15.9. The zero-order chi connectivity index (χ0) is 40.1. The van der Waals surface area contributed by atoms with Crippen molar-refractivity contribution in [2.75, 3.05) is 9.80 Å². The van der Waals surface area contributed by atoms with Crippen molar-refractivity contribution in [1.82, 2.24) is 9.97 Å². The fraction of sp³-hybridized carbons (Fsp3) is 0.400. The number of rotatable bonds is 2. The van der Waals surface area contributed by atoms with Crippen molar-refractivity contribution < 1.29 is 0 Å². The number of aromatic nitrogens is 2. The fourth-order valence-corrected chi connectivity index (χ4v) is 11.3. The lowest BCUT2D eigenvalue weighted by Crippen LogP contribution is -2.61. The molecule has 3 aliphatic rings. The van der Waals surface area contributed by atoms with Crippen LogP contribution in [0, 0.1) is 6.92 Å². The third-order valence-electron chi connectivity index (χ3n) is 12.8. The minimum atomic E-state index is -0.0214. The van der Waals surface area contributed by atoms with Crippen LogP contribution in [0.4, 0.5) is 34.4 Å². The van der Waals surface area contributed by atoms with Crippen molar-refractivity contribution in [2.24, 2.45) is 0 Å². The number of hydrogen-bond acceptors (Lipinski definition) is 5. The molecule has 0 amide bonds. The Morgan fingerprint density at radius 1 is 0.625 bits per heavy atom. The van der Waals surface area contributed by atoms with Gasteiger partial charge in [0.05, 0.1) is 5.69 Å². The monoisotopic (exact) mass is 756 g/mol. The normalized spacial score (nSPS) is 16.9. The molecule has 0 spiro atoms. The highest BCUT2D eigenvalue weighted by molar-refractivity contribution is 7.33. The molecule has 4 heterocycles. The molecule has 0 saturated carbocycles. The van der Waals surface area contributed by atoms with E-state index in [-0.39, 0.29) is 33.8 Å². The molecule has 4 nitrogen and oxygen atoms in total. The fourth-order valence-electron chi connectivity index (χ4n) is 9.98. The van der Waals surface area contributed by atoms with Gasteiger partial charge in [0.2, 0.25) is 0 Å². The predicted octanol–water partition coefficient (Wildman–Crippen LogP) is 11.9. The van der Waals surface area contributed by atoms with Gasteiger partial charge >= 0.3 is 0 Å². The molecule has 9 rings (SSSR count). The van der Waals surface area contributed by atoms with Gasteiger partial charge < -0.3 is 0 Å². The summed E-state index contributed by atoms with van der Waals surface area (Å²) in [5.74, 6) is 2.74. The van der Waals surface area contributed by atoms with Gasteiger partial charge in [0.15, 0.2) is 0 Å². The molecular formula is C50H57BN4S. The van der Waals surface area contributed by atoms with E-state index in [0.717, 1.165) is 29.6 Å². The molecule has 4 aromatic carbocycles. The smallest absolute Gasteiger partial charge is 0.268 e. The van der Waals surface area contributed by atoms with Crippen LogP contribution in [0.15, 0.2) is 78.9 Å². The van der Waals surface area contributed by atoms with Gasteiger partial charge in [0, 0.05) is 37.4 Å². The lowest BCUT2D eigenvalue weighted by Gasteiger charge is -2.42. The number of benzene rings is 4. The zero-order valence-corrected chi connectivity index (χ0v) is 36.8. The van der Waals surface area contributed by atoms with Crippen molar-refractivity contribution >= 4 is 78.2 Å². The molecular weight excluding hydrogens is 699 g/mol. The van der Waals surface area contributed by atoms with Gasteiger partial charge in [-0.3, -0.25) is 9.80 Å². The SMILES string of the molecule is Cc1nc2c3c(n1)N(c1ccc4c(c1)C(C)(C)CC4(C)C)c1c(sc4ccc(C(C)(C)C)cc14)B3c1ccc(C(C)(C)C)cc1N2c1cccc(C(C)(C)C)c1. The van der Waals surface area contributed by atoms with Crippen LogP contribution in [0.25, 0.3) is 10.1 Å². The Morgan fingerprint density at radius 2 is 1.21 bits per heavy atom. The third-order valence-corrected chi connectivity index (χ3v) is 14.0. The topological polar surface area (TPSA) is 32.3 Å². The Morgan fingerprint density at radius 3 is 1.89 bits per heavy atom. The standard InChI is InChI=1S/C50H57BN4S/c1-29-52-44-41-45(53-29)55(34-20-21-36-37(27-34)50(13,14)28-49(36,11)12)42-35-25-31(47(5,6)7)19-23-40(35)56-43(42)51(41)38-22-18-32(48(8,9)10)26-39(38)54(44)33-17-15-16-30(24-33)46(2,3)4/h15-27H,28H2,1-14H3. The summed E-state index contributed by atoms with van der Waals surface area (Å²) in [5.41, 5.74) is 14.3. The predicted molar refractivity (Wildman–Crippen MR) is 243 cm³/mol. The molecule has 0 atom stereocenters. The Labute approximate surface area is 339 Å². The first-order chi connectivity index (χ1) is 26.0. The number of fused-ring (bicyclic) bond motifs is 7. The summed E-state index contributed by atoms with van der Waals surface area (Å²) < 4.78 is 2.67. The molecule has 6 aromatic rings. The molecule has 2 aliphatic heterocycles. The number of hydrogen-bond donors (Lipinski definition) is 0. The summed E-state index contributed by atoms with van der Waals surface area (Å²) in [6.45, 7) is 32.5. The Balaban J connectivity index is 1.40. The van der Waals surface area contributed by atoms with Crippen molar-refractivity contribution in [3.63, 3.8) is 0 Å². The average Bonchev–Trinajstić information content (AvgIpc) is 3.56. The summed E-state index contributed by atoms with van der Waals surface area (Å²) in [5, 5.41) is 1.30. The molecule has 286 valence electrons. The molecule has 0 unspecified atom stereocenters. The zero-order valence-electron chi connectivity index (χ0n) is 36.0. The Hall–Kier alpha value is -4.42. The van der Waals surface area contributed by atoms with E-state index in [9.17, 15) is 0 Å². The number of anilines is 6. The Bertz CT molecular complexity index is 2610. The lowest BCUT2D eigenvalue weighted by atomic mass is 9.36. The molecule has 56 heavy (non-hydrogen) atoms. The number of aryl methyl sites for hydroxylation is 1. The van der Waals surface area contributed by atoms with Crippen molar-refractivity contribution in [3.05, 3.63) is 113 Å². The maximum Gasteiger partial charge on any atom is 0.268 e. The molecule has 1 aliphatic carbocycles. The molecule has 0 bridgehead atoms. The summed E-state index contributed by atoms with van der Waals surface area (Å²) >= 11 is 1.95. The van der Waals surface area contributed by atoms with Gasteiger partial charge in [-0.2, -0.15) is 0 Å². The van der Waals surface area contributed by atoms with Crippen molar-refractivity contribution in [1.29, 1.82) is 0 Å². The largest absolute Gasteiger partial charge is 0.296 e. The van der Waals surface area contributed by atoms with E-state index in [4.69, 9.17) is 9.97 Å². The molecule has 0 radical (unpaired) electrons.